The lowest BCUT2D eigenvalue weighted by Crippen LogP contribution is -2.20. The number of rotatable bonds is 4. The predicted molar refractivity (Wildman–Crippen MR) is 80.5 cm³/mol. The predicted octanol–water partition coefficient (Wildman–Crippen LogP) is 0.768. The second kappa shape index (κ2) is 5.49. The van der Waals surface area contributed by atoms with Gasteiger partial charge in [0.15, 0.2) is 0 Å². The maximum atomic E-state index is 12.3. The van der Waals surface area contributed by atoms with Crippen LogP contribution >= 0.6 is 0 Å². The standard InChI is InChI=1S/C13H16N4O3S/c1-15-13(18)12-7-11(8-17(12)2)21(19,20)16-10-5-3-4-9(14)6-10/h3-8,16H,14H2,1-2H3,(H,15,18). The molecule has 8 heteroatoms. The van der Waals surface area contributed by atoms with Gasteiger partial charge in [-0.2, -0.15) is 0 Å². The molecule has 0 saturated heterocycles. The maximum absolute atomic E-state index is 12.3. The molecule has 1 amide bonds. The van der Waals surface area contributed by atoms with Gasteiger partial charge < -0.3 is 15.6 Å². The Kier molecular flexibility index (Phi) is 3.90. The second-order valence-electron chi connectivity index (χ2n) is 4.48. The van der Waals surface area contributed by atoms with Crippen LogP contribution in [0.25, 0.3) is 0 Å². The maximum Gasteiger partial charge on any atom is 0.267 e. The minimum atomic E-state index is -3.78. The first-order chi connectivity index (χ1) is 9.83. The van der Waals surface area contributed by atoms with Gasteiger partial charge in [-0.25, -0.2) is 8.42 Å². The fourth-order valence-corrected chi connectivity index (χ4v) is 2.97. The smallest absolute Gasteiger partial charge is 0.267 e. The van der Waals surface area contributed by atoms with Crippen LogP contribution in [0, 0.1) is 0 Å². The number of nitrogen functional groups attached to an aromatic ring is 1. The molecular weight excluding hydrogens is 292 g/mol. The molecule has 0 saturated carbocycles. The number of aromatic nitrogens is 1. The van der Waals surface area contributed by atoms with Gasteiger partial charge in [0.05, 0.1) is 5.69 Å². The Bertz CT molecular complexity index is 780. The van der Waals surface area contributed by atoms with E-state index in [9.17, 15) is 13.2 Å². The Labute approximate surface area is 122 Å². The molecule has 4 N–H and O–H groups in total. The molecule has 0 aliphatic heterocycles. The number of hydrogen-bond donors (Lipinski definition) is 3. The van der Waals surface area contributed by atoms with Crippen molar-refractivity contribution in [1.82, 2.24) is 9.88 Å². The van der Waals surface area contributed by atoms with Crippen molar-refractivity contribution in [3.8, 4) is 0 Å². The summed E-state index contributed by atoms with van der Waals surface area (Å²) in [6.45, 7) is 0. The van der Waals surface area contributed by atoms with Gasteiger partial charge >= 0.3 is 0 Å². The molecule has 7 nitrogen and oxygen atoms in total. The average Bonchev–Trinajstić information content (AvgIpc) is 2.80. The summed E-state index contributed by atoms with van der Waals surface area (Å²) >= 11 is 0. The molecule has 0 radical (unpaired) electrons. The zero-order valence-electron chi connectivity index (χ0n) is 11.6. The lowest BCUT2D eigenvalue weighted by molar-refractivity contribution is 0.0955. The highest BCUT2D eigenvalue weighted by molar-refractivity contribution is 7.92. The van der Waals surface area contributed by atoms with Crippen LogP contribution in [0.2, 0.25) is 0 Å². The first-order valence-corrected chi connectivity index (χ1v) is 7.58. The Morgan fingerprint density at radius 1 is 1.29 bits per heavy atom. The number of nitrogens with two attached hydrogens (primary N) is 1. The highest BCUT2D eigenvalue weighted by atomic mass is 32.2. The molecule has 2 rings (SSSR count). The van der Waals surface area contributed by atoms with Gasteiger partial charge in [0.2, 0.25) is 0 Å². The van der Waals surface area contributed by atoms with Crippen molar-refractivity contribution < 1.29 is 13.2 Å². The average molecular weight is 308 g/mol. The van der Waals surface area contributed by atoms with Crippen LogP contribution in [-0.2, 0) is 17.1 Å². The number of nitrogens with one attached hydrogen (secondary N) is 2. The summed E-state index contributed by atoms with van der Waals surface area (Å²) in [6, 6.07) is 7.72. The molecule has 1 heterocycles. The summed E-state index contributed by atoms with van der Waals surface area (Å²) in [5.41, 5.74) is 6.68. The van der Waals surface area contributed by atoms with Crippen molar-refractivity contribution in [1.29, 1.82) is 0 Å². The van der Waals surface area contributed by atoms with Crippen LogP contribution in [0.4, 0.5) is 11.4 Å². The molecule has 0 unspecified atom stereocenters. The van der Waals surface area contributed by atoms with Gasteiger partial charge in [0, 0.05) is 26.0 Å². The highest BCUT2D eigenvalue weighted by Crippen LogP contribution is 2.19. The third-order valence-corrected chi connectivity index (χ3v) is 4.24. The molecule has 1 aromatic carbocycles. The topological polar surface area (TPSA) is 106 Å². The van der Waals surface area contributed by atoms with E-state index in [1.807, 2.05) is 0 Å². The van der Waals surface area contributed by atoms with Gasteiger partial charge in [0.25, 0.3) is 15.9 Å². The number of benzene rings is 1. The molecular formula is C13H16N4O3S. The zero-order valence-corrected chi connectivity index (χ0v) is 12.4. The fourth-order valence-electron chi connectivity index (χ4n) is 1.85. The lowest BCUT2D eigenvalue weighted by Gasteiger charge is -2.06. The minimum absolute atomic E-state index is 0.00558. The molecule has 112 valence electrons. The fraction of sp³-hybridized carbons (Fsp3) is 0.154. The molecule has 0 aliphatic rings. The number of nitrogens with zero attached hydrogens (tertiary/aromatic N) is 1. The van der Waals surface area contributed by atoms with Gasteiger partial charge in [-0.05, 0) is 24.3 Å². The number of hydrogen-bond acceptors (Lipinski definition) is 4. The quantitative estimate of drug-likeness (QED) is 0.725. The van der Waals surface area contributed by atoms with Crippen LogP contribution in [0.5, 0.6) is 0 Å². The third-order valence-electron chi connectivity index (χ3n) is 2.89. The van der Waals surface area contributed by atoms with Gasteiger partial charge in [0.1, 0.15) is 10.6 Å². The summed E-state index contributed by atoms with van der Waals surface area (Å²) in [4.78, 5) is 11.6. The van der Waals surface area contributed by atoms with Crippen LogP contribution in [0.1, 0.15) is 10.5 Å². The first-order valence-electron chi connectivity index (χ1n) is 6.10. The van der Waals surface area contributed by atoms with Crippen LogP contribution in [0.3, 0.4) is 0 Å². The largest absolute Gasteiger partial charge is 0.399 e. The van der Waals surface area contributed by atoms with Crippen LogP contribution in [-0.4, -0.2) is 25.9 Å². The summed E-state index contributed by atoms with van der Waals surface area (Å²) in [6.07, 6.45) is 1.37. The van der Waals surface area contributed by atoms with Crippen molar-refractivity contribution in [2.24, 2.45) is 7.05 Å². The number of aryl methyl sites for hydroxylation is 1. The van der Waals surface area contributed by atoms with E-state index >= 15 is 0 Å². The number of carbonyl (C=O) groups is 1. The molecule has 0 aliphatic carbocycles. The van der Waals surface area contributed by atoms with E-state index in [1.54, 1.807) is 25.2 Å². The van der Waals surface area contributed by atoms with Crippen molar-refractivity contribution in [2.45, 2.75) is 4.90 Å². The minimum Gasteiger partial charge on any atom is -0.399 e. The SMILES string of the molecule is CNC(=O)c1cc(S(=O)(=O)Nc2cccc(N)c2)cn1C. The van der Waals surface area contributed by atoms with Gasteiger partial charge in [-0.1, -0.05) is 6.07 Å². The number of sulfonamides is 1. The molecule has 2 aromatic rings. The normalized spacial score (nSPS) is 11.1. The summed E-state index contributed by atoms with van der Waals surface area (Å²) < 4.78 is 28.5. The van der Waals surface area contributed by atoms with E-state index < -0.39 is 10.0 Å². The summed E-state index contributed by atoms with van der Waals surface area (Å²) in [5.74, 6) is -0.358. The first kappa shape index (κ1) is 14.9. The molecule has 0 fully saturated rings. The Hall–Kier alpha value is -2.48. The molecule has 0 bridgehead atoms. The molecule has 0 atom stereocenters. The summed E-state index contributed by atoms with van der Waals surface area (Å²) in [5, 5.41) is 2.45. The Morgan fingerprint density at radius 3 is 2.62 bits per heavy atom. The molecule has 0 spiro atoms. The van der Waals surface area contributed by atoms with Crippen molar-refractivity contribution in [3.05, 3.63) is 42.2 Å². The molecule has 21 heavy (non-hydrogen) atoms. The van der Waals surface area contributed by atoms with E-state index in [-0.39, 0.29) is 16.5 Å². The number of anilines is 2. The lowest BCUT2D eigenvalue weighted by atomic mass is 10.3. The van der Waals surface area contributed by atoms with Gasteiger partial charge in [-0.15, -0.1) is 0 Å². The van der Waals surface area contributed by atoms with Gasteiger partial charge in [-0.3, -0.25) is 9.52 Å². The van der Waals surface area contributed by atoms with Crippen molar-refractivity contribution >= 4 is 27.3 Å². The van der Waals surface area contributed by atoms with Crippen molar-refractivity contribution in [2.75, 3.05) is 17.5 Å². The Morgan fingerprint density at radius 2 is 2.00 bits per heavy atom. The number of amides is 1. The second-order valence-corrected chi connectivity index (χ2v) is 6.16. The van der Waals surface area contributed by atoms with Crippen LogP contribution < -0.4 is 15.8 Å². The third kappa shape index (κ3) is 3.16. The zero-order chi connectivity index (χ0) is 15.6. The number of carbonyl (C=O) groups excluding carboxylic acids is 1. The van der Waals surface area contributed by atoms with E-state index in [0.717, 1.165) is 0 Å². The van der Waals surface area contributed by atoms with E-state index in [4.69, 9.17) is 5.73 Å². The Balaban J connectivity index is 2.34. The molecule has 1 aromatic heterocycles. The van der Waals surface area contributed by atoms with Crippen molar-refractivity contribution in [3.63, 3.8) is 0 Å². The van der Waals surface area contributed by atoms with Crippen LogP contribution in [0.15, 0.2) is 41.4 Å². The van der Waals surface area contributed by atoms with E-state index in [1.165, 1.54) is 29.9 Å². The van der Waals surface area contributed by atoms with E-state index in [2.05, 4.69) is 10.0 Å². The monoisotopic (exact) mass is 308 g/mol. The van der Waals surface area contributed by atoms with E-state index in [0.29, 0.717) is 11.4 Å². The summed E-state index contributed by atoms with van der Waals surface area (Å²) in [7, 11) is -0.698. The highest BCUT2D eigenvalue weighted by Gasteiger charge is 2.20.